The molecule has 0 heterocycles. The van der Waals surface area contributed by atoms with Gasteiger partial charge < -0.3 is 15.4 Å². The van der Waals surface area contributed by atoms with Crippen molar-refractivity contribution in [2.45, 2.75) is 51.8 Å². The summed E-state index contributed by atoms with van der Waals surface area (Å²) in [5, 5.41) is 6.97. The minimum absolute atomic E-state index is 0.162. The molecule has 0 aromatic heterocycles. The van der Waals surface area contributed by atoms with Crippen LogP contribution >= 0.6 is 0 Å². The summed E-state index contributed by atoms with van der Waals surface area (Å²) in [6, 6.07) is 1.07. The molecule has 0 spiro atoms. The first-order valence-electron chi connectivity index (χ1n) is 6.53. The quantitative estimate of drug-likeness (QED) is 0.577. The summed E-state index contributed by atoms with van der Waals surface area (Å²) in [7, 11) is 3.64. The summed E-state index contributed by atoms with van der Waals surface area (Å²) >= 11 is 0. The third kappa shape index (κ3) is 2.28. The van der Waals surface area contributed by atoms with Crippen molar-refractivity contribution < 1.29 is 4.74 Å². The van der Waals surface area contributed by atoms with E-state index in [9.17, 15) is 0 Å². The maximum atomic E-state index is 5.55. The van der Waals surface area contributed by atoms with Crippen molar-refractivity contribution in [3.8, 4) is 0 Å². The van der Waals surface area contributed by atoms with Crippen LogP contribution in [0.2, 0.25) is 0 Å². The van der Waals surface area contributed by atoms with E-state index in [2.05, 4.69) is 36.4 Å². The van der Waals surface area contributed by atoms with Crippen LogP contribution in [0.5, 0.6) is 0 Å². The standard InChI is InChI=1S/C13H25N3O/c1-8-10(13(2,3)11(8)17-5)16-12(14-4)15-9-6-7-9/h8-11H,6-7H2,1-5H3,(H2,14,15,16). The zero-order valence-corrected chi connectivity index (χ0v) is 11.6. The SMILES string of the molecule is CN=C(NC1CC1)NC1C(C)C(OC)C1(C)C. The van der Waals surface area contributed by atoms with Crippen LogP contribution in [0.25, 0.3) is 0 Å². The van der Waals surface area contributed by atoms with Crippen LogP contribution < -0.4 is 10.6 Å². The molecule has 0 radical (unpaired) electrons. The molecule has 0 aromatic carbocycles. The lowest BCUT2D eigenvalue weighted by Gasteiger charge is -2.56. The van der Waals surface area contributed by atoms with Gasteiger partial charge in [-0.3, -0.25) is 4.99 Å². The molecule has 98 valence electrons. The van der Waals surface area contributed by atoms with Crippen molar-refractivity contribution in [2.24, 2.45) is 16.3 Å². The molecule has 0 saturated heterocycles. The minimum atomic E-state index is 0.162. The molecule has 2 N–H and O–H groups in total. The summed E-state index contributed by atoms with van der Waals surface area (Å²) in [5.74, 6) is 1.46. The fourth-order valence-electron chi connectivity index (χ4n) is 3.16. The number of rotatable bonds is 3. The molecule has 2 fully saturated rings. The molecule has 3 unspecified atom stereocenters. The summed E-state index contributed by atoms with van der Waals surface area (Å²) in [4.78, 5) is 4.29. The Morgan fingerprint density at radius 2 is 1.94 bits per heavy atom. The van der Waals surface area contributed by atoms with Crippen molar-refractivity contribution in [3.63, 3.8) is 0 Å². The van der Waals surface area contributed by atoms with E-state index in [1.807, 2.05) is 7.05 Å². The van der Waals surface area contributed by atoms with E-state index < -0.39 is 0 Å². The number of hydrogen-bond donors (Lipinski definition) is 2. The number of methoxy groups -OCH3 is 1. The molecular weight excluding hydrogens is 214 g/mol. The molecular formula is C13H25N3O. The third-order valence-corrected chi connectivity index (χ3v) is 4.23. The second-order valence-corrected chi connectivity index (χ2v) is 5.95. The van der Waals surface area contributed by atoms with E-state index in [0.29, 0.717) is 24.1 Å². The molecule has 4 nitrogen and oxygen atoms in total. The van der Waals surface area contributed by atoms with Gasteiger partial charge in [0.1, 0.15) is 0 Å². The topological polar surface area (TPSA) is 45.7 Å². The van der Waals surface area contributed by atoms with Gasteiger partial charge in [-0.1, -0.05) is 20.8 Å². The zero-order chi connectivity index (χ0) is 12.6. The van der Waals surface area contributed by atoms with Gasteiger partial charge in [0.2, 0.25) is 0 Å². The number of nitrogens with one attached hydrogen (secondary N) is 2. The van der Waals surface area contributed by atoms with Gasteiger partial charge in [-0.05, 0) is 12.8 Å². The first kappa shape index (κ1) is 12.7. The Bertz CT molecular complexity index is 310. The molecule has 2 aliphatic rings. The first-order valence-corrected chi connectivity index (χ1v) is 6.53. The van der Waals surface area contributed by atoms with Crippen LogP contribution in [0, 0.1) is 11.3 Å². The Labute approximate surface area is 104 Å². The molecule has 0 aromatic rings. The highest BCUT2D eigenvalue weighted by atomic mass is 16.5. The van der Waals surface area contributed by atoms with Crippen molar-refractivity contribution in [1.29, 1.82) is 0 Å². The summed E-state index contributed by atoms with van der Waals surface area (Å²) < 4.78 is 5.55. The van der Waals surface area contributed by atoms with Crippen LogP contribution in [-0.2, 0) is 4.74 Å². The Morgan fingerprint density at radius 1 is 1.29 bits per heavy atom. The van der Waals surface area contributed by atoms with Crippen molar-refractivity contribution in [3.05, 3.63) is 0 Å². The minimum Gasteiger partial charge on any atom is -0.380 e. The zero-order valence-electron chi connectivity index (χ0n) is 11.6. The Hall–Kier alpha value is -0.770. The monoisotopic (exact) mass is 239 g/mol. The molecule has 17 heavy (non-hydrogen) atoms. The molecule has 0 aliphatic heterocycles. The Kier molecular flexibility index (Phi) is 3.34. The number of nitrogens with zero attached hydrogens (tertiary/aromatic N) is 1. The number of aliphatic imine (C=N–C) groups is 1. The van der Waals surface area contributed by atoms with Gasteiger partial charge in [0, 0.05) is 37.6 Å². The number of guanidine groups is 1. The molecule has 4 heteroatoms. The molecule has 0 bridgehead atoms. The van der Waals surface area contributed by atoms with E-state index in [1.54, 1.807) is 7.11 Å². The van der Waals surface area contributed by atoms with Gasteiger partial charge in [-0.2, -0.15) is 0 Å². The lowest BCUT2D eigenvalue weighted by Crippen LogP contribution is -2.69. The van der Waals surface area contributed by atoms with E-state index >= 15 is 0 Å². The summed E-state index contributed by atoms with van der Waals surface area (Å²) in [5.41, 5.74) is 0.162. The summed E-state index contributed by atoms with van der Waals surface area (Å²) in [6.07, 6.45) is 2.87. The highest BCUT2D eigenvalue weighted by Gasteiger charge is 2.55. The van der Waals surface area contributed by atoms with Crippen molar-refractivity contribution >= 4 is 5.96 Å². The van der Waals surface area contributed by atoms with Crippen LogP contribution in [-0.4, -0.2) is 38.3 Å². The normalized spacial score (nSPS) is 36.3. The van der Waals surface area contributed by atoms with Crippen molar-refractivity contribution in [2.75, 3.05) is 14.2 Å². The molecule has 2 saturated carbocycles. The van der Waals surface area contributed by atoms with Gasteiger partial charge in [-0.25, -0.2) is 0 Å². The Morgan fingerprint density at radius 3 is 2.35 bits per heavy atom. The average Bonchev–Trinajstić information content (AvgIpc) is 3.07. The Balaban J connectivity index is 1.93. The molecule has 2 rings (SSSR count). The molecule has 3 atom stereocenters. The largest absolute Gasteiger partial charge is 0.380 e. The number of hydrogen-bond acceptors (Lipinski definition) is 2. The van der Waals surface area contributed by atoms with Crippen LogP contribution in [0.4, 0.5) is 0 Å². The highest BCUT2D eigenvalue weighted by Crippen LogP contribution is 2.46. The second kappa shape index (κ2) is 4.48. The fourth-order valence-corrected chi connectivity index (χ4v) is 3.16. The van der Waals surface area contributed by atoms with Crippen LogP contribution in [0.1, 0.15) is 33.6 Å². The van der Waals surface area contributed by atoms with Gasteiger partial charge in [-0.15, -0.1) is 0 Å². The lowest BCUT2D eigenvalue weighted by atomic mass is 9.58. The first-order chi connectivity index (χ1) is 8.00. The van der Waals surface area contributed by atoms with Crippen molar-refractivity contribution in [1.82, 2.24) is 10.6 Å². The van der Waals surface area contributed by atoms with E-state index in [-0.39, 0.29) is 5.41 Å². The van der Waals surface area contributed by atoms with Gasteiger partial charge in [0.25, 0.3) is 0 Å². The van der Waals surface area contributed by atoms with E-state index in [0.717, 1.165) is 5.96 Å². The smallest absolute Gasteiger partial charge is 0.191 e. The van der Waals surface area contributed by atoms with E-state index in [4.69, 9.17) is 4.74 Å². The van der Waals surface area contributed by atoms with Crippen LogP contribution in [0.15, 0.2) is 4.99 Å². The average molecular weight is 239 g/mol. The summed E-state index contributed by atoms with van der Waals surface area (Å²) in [6.45, 7) is 6.74. The predicted octanol–water partition coefficient (Wildman–Crippen LogP) is 1.37. The van der Waals surface area contributed by atoms with Gasteiger partial charge in [0.05, 0.1) is 6.10 Å². The number of ether oxygens (including phenoxy) is 1. The van der Waals surface area contributed by atoms with Gasteiger partial charge >= 0.3 is 0 Å². The van der Waals surface area contributed by atoms with E-state index in [1.165, 1.54) is 12.8 Å². The lowest BCUT2D eigenvalue weighted by molar-refractivity contribution is -0.139. The molecule has 0 amide bonds. The second-order valence-electron chi connectivity index (χ2n) is 5.95. The van der Waals surface area contributed by atoms with Crippen LogP contribution in [0.3, 0.4) is 0 Å². The maximum absolute atomic E-state index is 5.55. The highest BCUT2D eigenvalue weighted by molar-refractivity contribution is 5.80. The predicted molar refractivity (Wildman–Crippen MR) is 70.2 cm³/mol. The maximum Gasteiger partial charge on any atom is 0.191 e. The fraction of sp³-hybridized carbons (Fsp3) is 0.923. The van der Waals surface area contributed by atoms with Gasteiger partial charge in [0.15, 0.2) is 5.96 Å². The third-order valence-electron chi connectivity index (χ3n) is 4.23. The molecule has 2 aliphatic carbocycles.